The Labute approximate surface area is 190 Å². The summed E-state index contributed by atoms with van der Waals surface area (Å²) in [4.78, 5) is 6.51. The smallest absolute Gasteiger partial charge is 0.223 e. The van der Waals surface area contributed by atoms with Gasteiger partial charge >= 0.3 is 0 Å². The van der Waals surface area contributed by atoms with E-state index in [1.54, 1.807) is 13.0 Å². The largest absolute Gasteiger partial charge is 0.508 e. The van der Waals surface area contributed by atoms with Gasteiger partial charge in [0, 0.05) is 23.4 Å². The Morgan fingerprint density at radius 3 is 2.82 bits per heavy atom. The molecule has 3 aromatic rings. The molecule has 0 spiro atoms. The van der Waals surface area contributed by atoms with Crippen LogP contribution in [0.15, 0.2) is 30.8 Å². The topological polar surface area (TPSA) is 65.8 Å². The van der Waals surface area contributed by atoms with Gasteiger partial charge in [-0.25, -0.2) is 13.8 Å². The van der Waals surface area contributed by atoms with Crippen LogP contribution in [0.5, 0.6) is 11.6 Å². The molecule has 5 rings (SSSR count). The monoisotopic (exact) mass is 452 g/mol. The van der Waals surface area contributed by atoms with E-state index in [1.165, 1.54) is 18.2 Å². The first kappa shape index (κ1) is 21.6. The first-order chi connectivity index (χ1) is 15.8. The van der Waals surface area contributed by atoms with Crippen molar-refractivity contribution < 1.29 is 23.7 Å². The Kier molecular flexibility index (Phi) is 5.24. The van der Waals surface area contributed by atoms with Crippen molar-refractivity contribution in [3.05, 3.63) is 59.2 Å². The maximum absolute atomic E-state index is 15.9. The summed E-state index contributed by atoms with van der Waals surface area (Å²) in [5.74, 6) is -0.806. The van der Waals surface area contributed by atoms with Crippen molar-refractivity contribution >= 4 is 16.5 Å². The minimum atomic E-state index is -0.576. The summed E-state index contributed by atoms with van der Waals surface area (Å²) >= 11 is 0. The van der Waals surface area contributed by atoms with E-state index in [9.17, 15) is 14.6 Å². The lowest BCUT2D eigenvalue weighted by atomic mass is 9.93. The molecule has 2 N–H and O–H groups in total. The van der Waals surface area contributed by atoms with Crippen molar-refractivity contribution in [1.29, 1.82) is 0 Å². The number of fused-ring (bicyclic) bond motifs is 3. The number of aromatic hydroxyl groups is 1. The molecule has 0 aliphatic carbocycles. The van der Waals surface area contributed by atoms with Crippen molar-refractivity contribution in [3.63, 3.8) is 0 Å². The Morgan fingerprint density at radius 2 is 2.06 bits per heavy atom. The van der Waals surface area contributed by atoms with Gasteiger partial charge < -0.3 is 19.8 Å². The first-order valence-corrected chi connectivity index (χ1v) is 11.2. The average Bonchev–Trinajstić information content (AvgIpc) is 2.93. The number of piperidine rings is 1. The highest BCUT2D eigenvalue weighted by Crippen LogP contribution is 2.42. The normalized spacial score (nSPS) is 20.3. The van der Waals surface area contributed by atoms with E-state index < -0.39 is 11.9 Å². The zero-order valence-electron chi connectivity index (χ0n) is 18.7. The van der Waals surface area contributed by atoms with Crippen molar-refractivity contribution in [2.75, 3.05) is 13.2 Å². The van der Waals surface area contributed by atoms with Crippen LogP contribution in [0.3, 0.4) is 0 Å². The summed E-state index contributed by atoms with van der Waals surface area (Å²) in [5.41, 5.74) is 2.08. The highest BCUT2D eigenvalue weighted by molar-refractivity contribution is 6.00. The van der Waals surface area contributed by atoms with Crippen molar-refractivity contribution in [1.82, 2.24) is 9.88 Å². The van der Waals surface area contributed by atoms with E-state index in [1.807, 2.05) is 11.8 Å². The molecule has 2 atom stereocenters. The molecular formula is C26H26F2N2O3. The van der Waals surface area contributed by atoms with Gasteiger partial charge in [-0.15, -0.1) is 0 Å². The van der Waals surface area contributed by atoms with E-state index in [2.05, 4.69) is 11.6 Å². The van der Waals surface area contributed by atoms with Crippen LogP contribution in [0.2, 0.25) is 0 Å². The number of rotatable bonds is 2. The fourth-order valence-corrected chi connectivity index (χ4v) is 5.19. The lowest BCUT2D eigenvalue weighted by Crippen LogP contribution is -2.49. The summed E-state index contributed by atoms with van der Waals surface area (Å²) in [6.45, 7) is 8.54. The van der Waals surface area contributed by atoms with Gasteiger partial charge in [0.05, 0.1) is 17.7 Å². The van der Waals surface area contributed by atoms with Gasteiger partial charge in [-0.1, -0.05) is 19.6 Å². The number of aromatic nitrogens is 1. The number of hydrogen-bond donors (Lipinski definition) is 2. The maximum atomic E-state index is 15.9. The van der Waals surface area contributed by atoms with E-state index >= 15 is 4.39 Å². The molecule has 33 heavy (non-hydrogen) atoms. The van der Waals surface area contributed by atoms with Crippen molar-refractivity contribution in [3.8, 4) is 22.9 Å². The number of pyridine rings is 1. The van der Waals surface area contributed by atoms with Crippen LogP contribution in [-0.4, -0.2) is 45.4 Å². The summed E-state index contributed by atoms with van der Waals surface area (Å²) < 4.78 is 36.5. The van der Waals surface area contributed by atoms with E-state index in [4.69, 9.17) is 4.74 Å². The number of halogens is 2. The number of ether oxygens (including phenoxy) is 1. The van der Waals surface area contributed by atoms with Crippen LogP contribution in [0.1, 0.15) is 36.5 Å². The molecule has 172 valence electrons. The van der Waals surface area contributed by atoms with Gasteiger partial charge in [0.15, 0.2) is 5.82 Å². The molecule has 2 aliphatic rings. The quantitative estimate of drug-likeness (QED) is 0.576. The number of benzene rings is 2. The summed E-state index contributed by atoms with van der Waals surface area (Å²) in [5, 5.41) is 21.9. The van der Waals surface area contributed by atoms with Gasteiger partial charge in [-0.3, -0.25) is 0 Å². The Bertz CT molecular complexity index is 1290. The molecule has 1 fully saturated rings. The molecule has 1 saturated heterocycles. The highest BCUT2D eigenvalue weighted by Gasteiger charge is 2.37. The van der Waals surface area contributed by atoms with Crippen molar-refractivity contribution in [2.24, 2.45) is 0 Å². The molecule has 0 amide bonds. The van der Waals surface area contributed by atoms with Crippen LogP contribution < -0.4 is 4.74 Å². The number of phenolic OH excluding ortho intramolecular Hbond substituents is 1. The highest BCUT2D eigenvalue weighted by atomic mass is 19.1. The minimum absolute atomic E-state index is 0.0133. The second-order valence-corrected chi connectivity index (χ2v) is 8.78. The van der Waals surface area contributed by atoms with E-state index in [0.29, 0.717) is 58.1 Å². The first-order valence-electron chi connectivity index (χ1n) is 11.2. The molecule has 2 aromatic carbocycles. The molecule has 1 aromatic heterocycles. The van der Waals surface area contributed by atoms with Gasteiger partial charge in [0.2, 0.25) is 5.88 Å². The summed E-state index contributed by atoms with van der Waals surface area (Å²) in [6, 6.07) is 5.58. The zero-order valence-corrected chi connectivity index (χ0v) is 18.7. The fourth-order valence-electron chi connectivity index (χ4n) is 5.19. The van der Waals surface area contributed by atoms with Crippen LogP contribution in [0.4, 0.5) is 8.78 Å². The second-order valence-electron chi connectivity index (χ2n) is 8.78. The summed E-state index contributed by atoms with van der Waals surface area (Å²) in [6.07, 6.45) is 1.30. The van der Waals surface area contributed by atoms with Gasteiger partial charge in [-0.05, 0) is 60.7 Å². The van der Waals surface area contributed by atoms with Crippen LogP contribution in [0.25, 0.3) is 27.7 Å². The number of aliphatic hydroxyl groups excluding tert-OH is 1. The van der Waals surface area contributed by atoms with Crippen LogP contribution in [-0.2, 0) is 6.42 Å². The predicted molar refractivity (Wildman–Crippen MR) is 123 cm³/mol. The zero-order chi connectivity index (χ0) is 23.4. The third-order valence-electron chi connectivity index (χ3n) is 6.87. The third-order valence-corrected chi connectivity index (χ3v) is 6.87. The Hall–Kier alpha value is -3.19. The van der Waals surface area contributed by atoms with Crippen LogP contribution >= 0.6 is 0 Å². The maximum Gasteiger partial charge on any atom is 0.223 e. The van der Waals surface area contributed by atoms with Gasteiger partial charge in [-0.2, -0.15) is 0 Å². The molecular weight excluding hydrogens is 426 g/mol. The minimum Gasteiger partial charge on any atom is -0.508 e. The Morgan fingerprint density at radius 1 is 1.27 bits per heavy atom. The lowest BCUT2D eigenvalue weighted by Gasteiger charge is -2.39. The number of nitrogens with zero attached hydrogens (tertiary/aromatic N) is 2. The second kappa shape index (κ2) is 7.99. The average molecular weight is 453 g/mol. The van der Waals surface area contributed by atoms with Gasteiger partial charge in [0.25, 0.3) is 0 Å². The molecule has 0 radical (unpaired) electrons. The molecule has 2 unspecified atom stereocenters. The lowest BCUT2D eigenvalue weighted by molar-refractivity contribution is 0.0207. The molecule has 7 heteroatoms. The predicted octanol–water partition coefficient (Wildman–Crippen LogP) is 4.94. The van der Waals surface area contributed by atoms with Crippen LogP contribution in [0, 0.1) is 18.6 Å². The van der Waals surface area contributed by atoms with E-state index in [0.717, 1.165) is 6.42 Å². The fraction of sp³-hybridized carbons (Fsp3) is 0.346. The molecule has 2 aliphatic heterocycles. The summed E-state index contributed by atoms with van der Waals surface area (Å²) in [7, 11) is 0. The molecule has 5 nitrogen and oxygen atoms in total. The number of aliphatic hydroxyl groups is 1. The third kappa shape index (κ3) is 3.33. The van der Waals surface area contributed by atoms with Crippen molar-refractivity contribution in [2.45, 2.75) is 45.3 Å². The van der Waals surface area contributed by atoms with E-state index in [-0.39, 0.29) is 35.8 Å². The number of phenols is 1. The molecule has 0 bridgehead atoms. The van der Waals surface area contributed by atoms with Gasteiger partial charge in [0.1, 0.15) is 23.9 Å². The SMILES string of the molecule is C=C1c2c(nc(-c3cc(O)cc4ccc(F)c(CC)c34)c(F)c2C)OCC2C(O)CCCN12. The number of hydrogen-bond acceptors (Lipinski definition) is 5. The molecule has 3 heterocycles. The Balaban J connectivity index is 1.75. The number of aryl methyl sites for hydroxylation is 1. The molecule has 0 saturated carbocycles. The standard InChI is InChI=1S/C26H26F2N2O3/c1-4-17-19(27)8-7-15-10-16(31)11-18(23(15)17)25-24(28)13(2)22-14(3)30-9-5-6-21(32)20(30)12-33-26(22)29-25/h7-8,10-11,20-21,31-32H,3-6,9,12H2,1-2H3.